The lowest BCUT2D eigenvalue weighted by Crippen LogP contribution is -2.37. The van der Waals surface area contributed by atoms with Gasteiger partial charge in [0.25, 0.3) is 5.91 Å². The molecule has 17 heavy (non-hydrogen) atoms. The number of hydrogen-bond acceptors (Lipinski definition) is 3. The van der Waals surface area contributed by atoms with Crippen molar-refractivity contribution in [2.24, 2.45) is 0 Å². The van der Waals surface area contributed by atoms with E-state index in [2.05, 4.69) is 4.98 Å². The Balaban J connectivity index is 2.08. The van der Waals surface area contributed by atoms with E-state index in [1.807, 2.05) is 4.90 Å². The van der Waals surface area contributed by atoms with Crippen molar-refractivity contribution in [2.75, 3.05) is 6.54 Å². The van der Waals surface area contributed by atoms with E-state index in [1.165, 1.54) is 0 Å². The van der Waals surface area contributed by atoms with Crippen LogP contribution in [0, 0.1) is 0 Å². The molecule has 92 valence electrons. The zero-order valence-electron chi connectivity index (χ0n) is 10.0. The van der Waals surface area contributed by atoms with E-state index >= 15 is 0 Å². The Morgan fingerprint density at radius 1 is 1.71 bits per heavy atom. The van der Waals surface area contributed by atoms with Gasteiger partial charge < -0.3 is 10.0 Å². The van der Waals surface area contributed by atoms with Gasteiger partial charge in [0.05, 0.1) is 11.7 Å². The summed E-state index contributed by atoms with van der Waals surface area (Å²) in [7, 11) is 0. The fourth-order valence-electron chi connectivity index (χ4n) is 2.40. The lowest BCUT2D eigenvalue weighted by atomic mass is 10.1. The molecule has 2 heterocycles. The van der Waals surface area contributed by atoms with Crippen molar-refractivity contribution in [3.05, 3.63) is 30.1 Å². The van der Waals surface area contributed by atoms with Crippen LogP contribution in [0.1, 0.15) is 36.5 Å². The van der Waals surface area contributed by atoms with Gasteiger partial charge in [0.2, 0.25) is 0 Å². The molecule has 2 rings (SSSR count). The van der Waals surface area contributed by atoms with Crippen LogP contribution in [0.5, 0.6) is 0 Å². The first-order valence-electron chi connectivity index (χ1n) is 6.07. The lowest BCUT2D eigenvalue weighted by Gasteiger charge is -2.25. The molecule has 1 amide bonds. The van der Waals surface area contributed by atoms with Crippen molar-refractivity contribution in [3.8, 4) is 0 Å². The molecule has 2 unspecified atom stereocenters. The number of amides is 1. The van der Waals surface area contributed by atoms with Gasteiger partial charge in [0.1, 0.15) is 0 Å². The topological polar surface area (TPSA) is 53.4 Å². The molecule has 1 aliphatic heterocycles. The van der Waals surface area contributed by atoms with Gasteiger partial charge in [0.15, 0.2) is 0 Å². The number of nitrogens with zero attached hydrogens (tertiary/aromatic N) is 2. The Labute approximate surface area is 101 Å². The summed E-state index contributed by atoms with van der Waals surface area (Å²) >= 11 is 0. The molecule has 0 radical (unpaired) electrons. The fraction of sp³-hybridized carbons (Fsp3) is 0.538. The summed E-state index contributed by atoms with van der Waals surface area (Å²) in [5, 5.41) is 9.43. The summed E-state index contributed by atoms with van der Waals surface area (Å²) in [6.07, 6.45) is 5.56. The van der Waals surface area contributed by atoms with Gasteiger partial charge in [-0.15, -0.1) is 0 Å². The molecule has 1 fully saturated rings. The minimum absolute atomic E-state index is 0.0289. The van der Waals surface area contributed by atoms with Crippen molar-refractivity contribution in [2.45, 2.75) is 38.3 Å². The molecular formula is C13H18N2O2. The van der Waals surface area contributed by atoms with Crippen LogP contribution in [0.2, 0.25) is 0 Å². The Bertz CT molecular complexity index is 378. The van der Waals surface area contributed by atoms with Crippen LogP contribution in [-0.4, -0.2) is 39.6 Å². The second-order valence-corrected chi connectivity index (χ2v) is 4.62. The van der Waals surface area contributed by atoms with Crippen LogP contribution in [0.4, 0.5) is 0 Å². The molecule has 1 saturated heterocycles. The van der Waals surface area contributed by atoms with E-state index in [9.17, 15) is 9.90 Å². The number of aliphatic hydroxyl groups excluding tert-OH is 1. The Kier molecular flexibility index (Phi) is 3.74. The zero-order chi connectivity index (χ0) is 12.3. The Morgan fingerprint density at radius 2 is 2.53 bits per heavy atom. The minimum Gasteiger partial charge on any atom is -0.393 e. The van der Waals surface area contributed by atoms with Gasteiger partial charge >= 0.3 is 0 Å². The summed E-state index contributed by atoms with van der Waals surface area (Å²) in [6, 6.07) is 3.72. The normalized spacial score (nSPS) is 21.5. The van der Waals surface area contributed by atoms with Crippen LogP contribution in [0.3, 0.4) is 0 Å². The molecule has 1 N–H and O–H groups in total. The summed E-state index contributed by atoms with van der Waals surface area (Å²) in [6.45, 7) is 2.55. The third-order valence-electron chi connectivity index (χ3n) is 3.16. The monoisotopic (exact) mass is 234 g/mol. The standard InChI is InChI=1S/C13H18N2O2/c1-10(16)8-12-5-3-7-15(12)13(17)11-4-2-6-14-9-11/h2,4,6,9-10,12,16H,3,5,7-8H2,1H3. The van der Waals surface area contributed by atoms with Crippen LogP contribution < -0.4 is 0 Å². The zero-order valence-corrected chi connectivity index (χ0v) is 10.0. The van der Waals surface area contributed by atoms with Crippen LogP contribution in [0.25, 0.3) is 0 Å². The van der Waals surface area contributed by atoms with E-state index in [4.69, 9.17) is 0 Å². The molecule has 1 aromatic rings. The highest BCUT2D eigenvalue weighted by Gasteiger charge is 2.30. The maximum Gasteiger partial charge on any atom is 0.255 e. The van der Waals surface area contributed by atoms with Gasteiger partial charge in [-0.05, 0) is 38.3 Å². The highest BCUT2D eigenvalue weighted by atomic mass is 16.3. The number of rotatable bonds is 3. The number of aromatic nitrogens is 1. The molecule has 2 atom stereocenters. The van der Waals surface area contributed by atoms with Gasteiger partial charge in [-0.25, -0.2) is 0 Å². The molecule has 1 aliphatic rings. The minimum atomic E-state index is -0.359. The van der Waals surface area contributed by atoms with Crippen LogP contribution in [0.15, 0.2) is 24.5 Å². The van der Waals surface area contributed by atoms with Gasteiger partial charge in [-0.1, -0.05) is 0 Å². The van der Waals surface area contributed by atoms with Crippen molar-refractivity contribution < 1.29 is 9.90 Å². The molecule has 0 saturated carbocycles. The summed E-state index contributed by atoms with van der Waals surface area (Å²) < 4.78 is 0. The molecule has 0 aromatic carbocycles. The first-order valence-corrected chi connectivity index (χ1v) is 6.07. The van der Waals surface area contributed by atoms with Crippen LogP contribution in [-0.2, 0) is 0 Å². The summed E-state index contributed by atoms with van der Waals surface area (Å²) in [4.78, 5) is 18.1. The number of carbonyl (C=O) groups is 1. The van der Waals surface area contributed by atoms with E-state index in [0.717, 1.165) is 19.4 Å². The second kappa shape index (κ2) is 5.27. The average molecular weight is 234 g/mol. The second-order valence-electron chi connectivity index (χ2n) is 4.62. The SMILES string of the molecule is CC(O)CC1CCCN1C(=O)c1cccnc1. The van der Waals surface area contributed by atoms with Crippen molar-refractivity contribution >= 4 is 5.91 Å². The Morgan fingerprint density at radius 3 is 3.18 bits per heavy atom. The number of aliphatic hydroxyl groups is 1. The van der Waals surface area contributed by atoms with Gasteiger partial charge in [0, 0.05) is 25.0 Å². The van der Waals surface area contributed by atoms with Crippen molar-refractivity contribution in [3.63, 3.8) is 0 Å². The largest absolute Gasteiger partial charge is 0.393 e. The number of hydrogen-bond donors (Lipinski definition) is 1. The predicted molar refractivity (Wildman–Crippen MR) is 64.6 cm³/mol. The van der Waals surface area contributed by atoms with Gasteiger partial charge in [-0.2, -0.15) is 0 Å². The van der Waals surface area contributed by atoms with Crippen molar-refractivity contribution in [1.29, 1.82) is 0 Å². The lowest BCUT2D eigenvalue weighted by molar-refractivity contribution is 0.0681. The van der Waals surface area contributed by atoms with E-state index in [0.29, 0.717) is 12.0 Å². The maximum absolute atomic E-state index is 12.2. The molecule has 0 spiro atoms. The summed E-state index contributed by atoms with van der Waals surface area (Å²) in [5.74, 6) is 0.0289. The molecule has 4 nitrogen and oxygen atoms in total. The predicted octanol–water partition coefficient (Wildman–Crippen LogP) is 1.46. The van der Waals surface area contributed by atoms with E-state index < -0.39 is 0 Å². The van der Waals surface area contributed by atoms with Gasteiger partial charge in [-0.3, -0.25) is 9.78 Å². The average Bonchev–Trinajstić information content (AvgIpc) is 2.76. The third kappa shape index (κ3) is 2.82. The third-order valence-corrected chi connectivity index (χ3v) is 3.16. The molecule has 0 bridgehead atoms. The smallest absolute Gasteiger partial charge is 0.255 e. The van der Waals surface area contributed by atoms with E-state index in [-0.39, 0.29) is 18.1 Å². The molecule has 4 heteroatoms. The Hall–Kier alpha value is -1.42. The highest BCUT2D eigenvalue weighted by molar-refractivity contribution is 5.94. The molecular weight excluding hydrogens is 216 g/mol. The van der Waals surface area contributed by atoms with E-state index in [1.54, 1.807) is 31.5 Å². The number of likely N-dealkylation sites (tertiary alicyclic amines) is 1. The molecule has 0 aliphatic carbocycles. The summed E-state index contributed by atoms with van der Waals surface area (Å²) in [5.41, 5.74) is 0.630. The first kappa shape index (κ1) is 12.0. The van der Waals surface area contributed by atoms with Crippen molar-refractivity contribution in [1.82, 2.24) is 9.88 Å². The van der Waals surface area contributed by atoms with Crippen LogP contribution >= 0.6 is 0 Å². The quantitative estimate of drug-likeness (QED) is 0.861. The maximum atomic E-state index is 12.2. The first-order chi connectivity index (χ1) is 8.18. The number of carbonyl (C=O) groups excluding carboxylic acids is 1. The highest BCUT2D eigenvalue weighted by Crippen LogP contribution is 2.23. The molecule has 1 aromatic heterocycles. The number of pyridine rings is 1. The fourth-order valence-corrected chi connectivity index (χ4v) is 2.40.